The van der Waals surface area contributed by atoms with Crippen LogP contribution in [0.3, 0.4) is 0 Å². The lowest BCUT2D eigenvalue weighted by Crippen LogP contribution is -2.38. The molecule has 2 unspecified atom stereocenters. The normalized spacial score (nSPS) is 23.3. The SMILES string of the molecule is CCCC(=O)OC1CC(C)(C)C(/C=C/C(C)=C/C=C/C(C)=C/C=C/C=C(C)/C=C/C=C(C)/C=C/C2=C(C)CC(O)CC2(C)C)=C(C)C1=O. The van der Waals surface area contributed by atoms with E-state index in [-0.39, 0.29) is 28.7 Å². The van der Waals surface area contributed by atoms with E-state index in [1.807, 2.05) is 51.2 Å². The summed E-state index contributed by atoms with van der Waals surface area (Å²) in [5.74, 6) is -0.401. The maximum atomic E-state index is 12.9. The summed E-state index contributed by atoms with van der Waals surface area (Å²) in [7, 11) is 0. The van der Waals surface area contributed by atoms with Gasteiger partial charge in [0.15, 0.2) is 11.9 Å². The largest absolute Gasteiger partial charge is 0.454 e. The third kappa shape index (κ3) is 13.0. The number of aliphatic hydroxyl groups excluding tert-OH is 1. The standard InChI is InChI=1S/C44H60O4/c1-12-17-41(46)48-40-30-44(10,11)39(36(7)42(40)47)27-25-34(5)23-16-21-32(3)19-14-13-18-31(2)20-15-22-33(4)24-26-38-35(6)28-37(45)29-43(38,8)9/h13-16,18-27,37,40,45H,12,17,28-30H2,1-11H3/b14-13+,20-15+,21-16+,26-24+,27-25+,31-18+,32-19+,33-22+,34-23+. The van der Waals surface area contributed by atoms with Gasteiger partial charge in [0.05, 0.1) is 6.10 Å². The van der Waals surface area contributed by atoms with E-state index in [4.69, 9.17) is 4.74 Å². The van der Waals surface area contributed by atoms with Crippen LogP contribution in [0.5, 0.6) is 0 Å². The molecule has 0 bridgehead atoms. The number of aliphatic hydroxyl groups is 1. The molecule has 0 saturated heterocycles. The predicted molar refractivity (Wildman–Crippen MR) is 203 cm³/mol. The Balaban J connectivity index is 1.95. The highest BCUT2D eigenvalue weighted by Gasteiger charge is 2.39. The van der Waals surface area contributed by atoms with Crippen molar-refractivity contribution >= 4 is 11.8 Å². The Hall–Kier alpha value is -3.76. The molecule has 2 rings (SSSR count). The first-order valence-corrected chi connectivity index (χ1v) is 17.4. The lowest BCUT2D eigenvalue weighted by atomic mass is 9.71. The summed E-state index contributed by atoms with van der Waals surface area (Å²) < 4.78 is 5.51. The lowest BCUT2D eigenvalue weighted by molar-refractivity contribution is -0.156. The topological polar surface area (TPSA) is 63.6 Å². The molecular formula is C44H60O4. The van der Waals surface area contributed by atoms with Crippen molar-refractivity contribution in [3.8, 4) is 0 Å². The van der Waals surface area contributed by atoms with Gasteiger partial charge in [0.25, 0.3) is 0 Å². The van der Waals surface area contributed by atoms with Crippen LogP contribution in [0, 0.1) is 10.8 Å². The minimum absolute atomic E-state index is 0.0109. The van der Waals surface area contributed by atoms with Crippen molar-refractivity contribution in [3.05, 3.63) is 130 Å². The molecule has 4 nitrogen and oxygen atoms in total. The molecule has 0 amide bonds. The van der Waals surface area contributed by atoms with Crippen molar-refractivity contribution in [2.75, 3.05) is 0 Å². The number of hydrogen-bond donors (Lipinski definition) is 1. The number of hydrogen-bond acceptors (Lipinski definition) is 4. The van der Waals surface area contributed by atoms with E-state index in [1.54, 1.807) is 0 Å². The first-order chi connectivity index (χ1) is 22.5. The molecular weight excluding hydrogens is 592 g/mol. The molecule has 2 aliphatic carbocycles. The molecule has 0 saturated carbocycles. The third-order valence-corrected chi connectivity index (χ3v) is 8.99. The molecule has 2 aliphatic rings. The van der Waals surface area contributed by atoms with Crippen LogP contribution in [0.15, 0.2) is 130 Å². The first kappa shape index (κ1) is 40.4. The zero-order valence-electron chi connectivity index (χ0n) is 31.4. The van der Waals surface area contributed by atoms with Crippen LogP contribution in [-0.4, -0.2) is 29.1 Å². The van der Waals surface area contributed by atoms with Gasteiger partial charge in [-0.2, -0.15) is 0 Å². The fourth-order valence-electron chi connectivity index (χ4n) is 6.37. The van der Waals surface area contributed by atoms with Gasteiger partial charge in [-0.05, 0) is 88.4 Å². The Bertz CT molecular complexity index is 1520. The van der Waals surface area contributed by atoms with Gasteiger partial charge in [0.1, 0.15) is 0 Å². The summed E-state index contributed by atoms with van der Waals surface area (Å²) in [5, 5.41) is 10.1. The molecule has 0 aromatic carbocycles. The maximum Gasteiger partial charge on any atom is 0.306 e. The number of allylic oxidation sites excluding steroid dienone is 20. The average molecular weight is 653 g/mol. The summed E-state index contributed by atoms with van der Waals surface area (Å²) in [6.07, 6.45) is 31.3. The quantitative estimate of drug-likeness (QED) is 0.159. The molecule has 0 aromatic heterocycles. The zero-order valence-corrected chi connectivity index (χ0v) is 31.4. The van der Waals surface area contributed by atoms with E-state index in [0.29, 0.717) is 24.8 Å². The van der Waals surface area contributed by atoms with Gasteiger partial charge < -0.3 is 9.84 Å². The number of ketones is 1. The molecule has 0 spiro atoms. The molecule has 0 radical (unpaired) electrons. The smallest absolute Gasteiger partial charge is 0.306 e. The molecule has 0 aromatic rings. The van der Waals surface area contributed by atoms with Crippen molar-refractivity contribution in [3.63, 3.8) is 0 Å². The van der Waals surface area contributed by atoms with E-state index in [2.05, 4.69) is 110 Å². The monoisotopic (exact) mass is 652 g/mol. The van der Waals surface area contributed by atoms with Gasteiger partial charge in [-0.25, -0.2) is 0 Å². The summed E-state index contributed by atoms with van der Waals surface area (Å²) in [4.78, 5) is 25.0. The zero-order chi connectivity index (χ0) is 36.1. The molecule has 1 N–H and O–H groups in total. The minimum atomic E-state index is -0.700. The van der Waals surface area contributed by atoms with Gasteiger partial charge in [0, 0.05) is 12.8 Å². The molecule has 48 heavy (non-hydrogen) atoms. The third-order valence-electron chi connectivity index (χ3n) is 8.99. The predicted octanol–water partition coefficient (Wildman–Crippen LogP) is 11.1. The van der Waals surface area contributed by atoms with Gasteiger partial charge in [-0.1, -0.05) is 148 Å². The highest BCUT2D eigenvalue weighted by molar-refractivity contribution is 6.01. The van der Waals surface area contributed by atoms with Crippen LogP contribution >= 0.6 is 0 Å². The van der Waals surface area contributed by atoms with E-state index >= 15 is 0 Å². The summed E-state index contributed by atoms with van der Waals surface area (Å²) in [6.45, 7) is 22.8. The van der Waals surface area contributed by atoms with Gasteiger partial charge in [-0.3, -0.25) is 9.59 Å². The molecule has 260 valence electrons. The van der Waals surface area contributed by atoms with E-state index < -0.39 is 6.10 Å². The van der Waals surface area contributed by atoms with Gasteiger partial charge in [-0.15, -0.1) is 0 Å². The van der Waals surface area contributed by atoms with Crippen LogP contribution < -0.4 is 0 Å². The highest BCUT2D eigenvalue weighted by Crippen LogP contribution is 2.42. The van der Waals surface area contributed by atoms with Crippen LogP contribution in [-0.2, 0) is 14.3 Å². The van der Waals surface area contributed by atoms with Crippen LogP contribution in [0.1, 0.15) is 108 Å². The Labute approximate surface area is 291 Å². The average Bonchev–Trinajstić information content (AvgIpc) is 2.96. The van der Waals surface area contributed by atoms with Crippen molar-refractivity contribution < 1.29 is 19.4 Å². The fraction of sp³-hybridized carbons (Fsp3) is 0.455. The molecule has 2 atom stereocenters. The van der Waals surface area contributed by atoms with Crippen molar-refractivity contribution in [1.29, 1.82) is 0 Å². The summed E-state index contributed by atoms with van der Waals surface area (Å²) in [6, 6.07) is 0. The minimum Gasteiger partial charge on any atom is -0.454 e. The number of Topliss-reactive ketones (excluding diaryl/α,β-unsaturated/α-hetero) is 1. The summed E-state index contributed by atoms with van der Waals surface area (Å²) >= 11 is 0. The van der Waals surface area contributed by atoms with Crippen molar-refractivity contribution in [2.24, 2.45) is 10.8 Å². The lowest BCUT2D eigenvalue weighted by Gasteiger charge is -2.36. The first-order valence-electron chi connectivity index (χ1n) is 17.4. The number of rotatable bonds is 13. The van der Waals surface area contributed by atoms with Crippen LogP contribution in [0.25, 0.3) is 0 Å². The second kappa shape index (κ2) is 18.7. The van der Waals surface area contributed by atoms with Gasteiger partial charge in [0.2, 0.25) is 0 Å². The van der Waals surface area contributed by atoms with E-state index in [1.165, 1.54) is 16.7 Å². The number of carbonyl (C=O) groups excluding carboxylic acids is 2. The van der Waals surface area contributed by atoms with Crippen molar-refractivity contribution in [2.45, 2.75) is 120 Å². The van der Waals surface area contributed by atoms with E-state index in [9.17, 15) is 14.7 Å². The Kier molecular flexibility index (Phi) is 15.7. The van der Waals surface area contributed by atoms with Crippen LogP contribution in [0.2, 0.25) is 0 Å². The van der Waals surface area contributed by atoms with Gasteiger partial charge >= 0.3 is 5.97 Å². The second-order valence-corrected chi connectivity index (χ2v) is 14.8. The molecule has 0 fully saturated rings. The molecule has 0 aliphatic heterocycles. The summed E-state index contributed by atoms with van der Waals surface area (Å²) in [5.41, 5.74) is 8.53. The highest BCUT2D eigenvalue weighted by atomic mass is 16.5. The number of carbonyl (C=O) groups is 2. The Morgan fingerprint density at radius 3 is 1.71 bits per heavy atom. The Morgan fingerprint density at radius 1 is 0.750 bits per heavy atom. The fourth-order valence-corrected chi connectivity index (χ4v) is 6.37. The second-order valence-electron chi connectivity index (χ2n) is 14.8. The molecule has 0 heterocycles. The molecule has 4 heteroatoms. The maximum absolute atomic E-state index is 12.9. The van der Waals surface area contributed by atoms with Crippen LogP contribution in [0.4, 0.5) is 0 Å². The van der Waals surface area contributed by atoms with Crippen molar-refractivity contribution in [1.82, 2.24) is 0 Å². The Morgan fingerprint density at radius 2 is 1.21 bits per heavy atom. The number of ether oxygens (including phenoxy) is 1. The van der Waals surface area contributed by atoms with E-state index in [0.717, 1.165) is 35.1 Å². The number of esters is 1.